The lowest BCUT2D eigenvalue weighted by Gasteiger charge is -1.98. The Morgan fingerprint density at radius 1 is 0.438 bits per heavy atom. The summed E-state index contributed by atoms with van der Waals surface area (Å²) in [6.07, 6.45) is 0. The number of aliphatic carboxylic acids is 2. The quantitative estimate of drug-likeness (QED) is 0.393. The molecule has 0 fully saturated rings. The highest BCUT2D eigenvalue weighted by molar-refractivity contribution is 6.02. The smallest absolute Gasteiger partial charge is 0.336 e. The van der Waals surface area contributed by atoms with E-state index in [4.69, 9.17) is 40.2 Å². The lowest BCUT2D eigenvalue weighted by atomic mass is 10.1. The van der Waals surface area contributed by atoms with Crippen molar-refractivity contribution < 1.29 is 59.4 Å². The van der Waals surface area contributed by atoms with Gasteiger partial charge in [0, 0.05) is 13.8 Å². The zero-order chi connectivity index (χ0) is 25.4. The van der Waals surface area contributed by atoms with Gasteiger partial charge in [0.2, 0.25) is 0 Å². The van der Waals surface area contributed by atoms with Crippen LogP contribution in [0.25, 0.3) is 0 Å². The molecule has 6 N–H and O–H groups in total. The van der Waals surface area contributed by atoms with Gasteiger partial charge in [0.1, 0.15) is 0 Å². The third-order valence-electron chi connectivity index (χ3n) is 2.78. The van der Waals surface area contributed by atoms with Crippen molar-refractivity contribution in [1.29, 1.82) is 0 Å². The molecule has 0 atom stereocenters. The molecule has 172 valence electrons. The Balaban J connectivity index is 0. The molecule has 0 amide bonds. The predicted octanol–water partition coefficient (Wildman–Crippen LogP) is 2.35. The van der Waals surface area contributed by atoms with Crippen LogP contribution in [0.15, 0.2) is 48.5 Å². The maximum atomic E-state index is 10.5. The number of benzene rings is 2. The molecule has 0 saturated heterocycles. The molecular formula is C20H20O12. The molecule has 0 bridgehead atoms. The average Bonchev–Trinajstić information content (AvgIpc) is 2.67. The van der Waals surface area contributed by atoms with Crippen LogP contribution >= 0.6 is 0 Å². The van der Waals surface area contributed by atoms with E-state index in [1.165, 1.54) is 48.5 Å². The van der Waals surface area contributed by atoms with Crippen molar-refractivity contribution in [3.8, 4) is 0 Å². The van der Waals surface area contributed by atoms with Gasteiger partial charge in [-0.25, -0.2) is 19.2 Å². The van der Waals surface area contributed by atoms with Crippen LogP contribution in [0.4, 0.5) is 0 Å². The molecule has 0 radical (unpaired) electrons. The highest BCUT2D eigenvalue weighted by Crippen LogP contribution is 2.08. The highest BCUT2D eigenvalue weighted by atomic mass is 16.4. The van der Waals surface area contributed by atoms with Gasteiger partial charge in [0.05, 0.1) is 22.3 Å². The van der Waals surface area contributed by atoms with E-state index in [0.717, 1.165) is 13.8 Å². The van der Waals surface area contributed by atoms with E-state index < -0.39 is 35.8 Å². The van der Waals surface area contributed by atoms with E-state index in [9.17, 15) is 19.2 Å². The van der Waals surface area contributed by atoms with Crippen LogP contribution in [0.1, 0.15) is 55.3 Å². The third kappa shape index (κ3) is 13.4. The van der Waals surface area contributed by atoms with Crippen molar-refractivity contribution in [2.45, 2.75) is 13.8 Å². The fraction of sp³-hybridized carbons (Fsp3) is 0.100. The van der Waals surface area contributed by atoms with E-state index in [1.54, 1.807) is 0 Å². The molecule has 0 heterocycles. The number of aromatic carboxylic acids is 4. The van der Waals surface area contributed by atoms with Gasteiger partial charge < -0.3 is 30.6 Å². The normalized spacial score (nSPS) is 8.56. The summed E-state index contributed by atoms with van der Waals surface area (Å²) in [6, 6.07) is 11.0. The van der Waals surface area contributed by atoms with E-state index in [-0.39, 0.29) is 22.3 Å². The SMILES string of the molecule is CC(=O)O.CC(=O)O.O=C(O)c1ccccc1C(=O)O.O=C(O)c1ccccc1C(=O)O. The first-order valence-electron chi connectivity index (χ1n) is 8.22. The van der Waals surface area contributed by atoms with Gasteiger partial charge in [-0.15, -0.1) is 0 Å². The summed E-state index contributed by atoms with van der Waals surface area (Å²) in [5, 5.41) is 49.0. The monoisotopic (exact) mass is 452 g/mol. The summed E-state index contributed by atoms with van der Waals surface area (Å²) < 4.78 is 0. The summed E-state index contributed by atoms with van der Waals surface area (Å²) in [7, 11) is 0. The molecule has 0 aliphatic carbocycles. The van der Waals surface area contributed by atoms with Crippen LogP contribution in [-0.4, -0.2) is 66.5 Å². The number of carbonyl (C=O) groups is 6. The summed E-state index contributed by atoms with van der Waals surface area (Å²) in [5.74, 6) is -6.58. The second kappa shape index (κ2) is 15.1. The van der Waals surface area contributed by atoms with Crippen LogP contribution in [0.3, 0.4) is 0 Å². The van der Waals surface area contributed by atoms with E-state index in [1.807, 2.05) is 0 Å². The first-order valence-corrected chi connectivity index (χ1v) is 8.22. The molecule has 0 spiro atoms. The summed E-state index contributed by atoms with van der Waals surface area (Å²) >= 11 is 0. The largest absolute Gasteiger partial charge is 0.481 e. The Bertz CT molecular complexity index is 825. The molecule has 32 heavy (non-hydrogen) atoms. The Kier molecular flexibility index (Phi) is 13.9. The number of carboxylic acid groups (broad SMARTS) is 6. The zero-order valence-corrected chi connectivity index (χ0v) is 16.8. The second-order valence-electron chi connectivity index (χ2n) is 5.35. The van der Waals surface area contributed by atoms with Crippen LogP contribution in [0, 0.1) is 0 Å². The molecule has 0 saturated carbocycles. The van der Waals surface area contributed by atoms with Gasteiger partial charge in [0.25, 0.3) is 11.9 Å². The molecular weight excluding hydrogens is 432 g/mol. The number of carboxylic acids is 6. The van der Waals surface area contributed by atoms with Gasteiger partial charge in [-0.2, -0.15) is 0 Å². The Labute approximate surface area is 180 Å². The molecule has 0 aliphatic heterocycles. The minimum atomic E-state index is -1.23. The number of hydrogen-bond acceptors (Lipinski definition) is 6. The minimum Gasteiger partial charge on any atom is -0.481 e. The van der Waals surface area contributed by atoms with Crippen LogP contribution in [0.2, 0.25) is 0 Å². The van der Waals surface area contributed by atoms with Crippen molar-refractivity contribution in [1.82, 2.24) is 0 Å². The Morgan fingerprint density at radius 2 is 0.562 bits per heavy atom. The maximum absolute atomic E-state index is 10.5. The second-order valence-corrected chi connectivity index (χ2v) is 5.35. The van der Waals surface area contributed by atoms with Gasteiger partial charge in [-0.05, 0) is 24.3 Å². The van der Waals surface area contributed by atoms with Crippen molar-refractivity contribution in [3.63, 3.8) is 0 Å². The third-order valence-corrected chi connectivity index (χ3v) is 2.78. The van der Waals surface area contributed by atoms with Gasteiger partial charge >= 0.3 is 23.9 Å². The lowest BCUT2D eigenvalue weighted by molar-refractivity contribution is -0.135. The van der Waals surface area contributed by atoms with Crippen molar-refractivity contribution >= 4 is 35.8 Å². The fourth-order valence-electron chi connectivity index (χ4n) is 1.71. The van der Waals surface area contributed by atoms with E-state index in [2.05, 4.69) is 0 Å². The van der Waals surface area contributed by atoms with Crippen molar-refractivity contribution in [2.75, 3.05) is 0 Å². The van der Waals surface area contributed by atoms with E-state index >= 15 is 0 Å². The number of rotatable bonds is 4. The summed E-state index contributed by atoms with van der Waals surface area (Å²) in [5.41, 5.74) is -0.759. The van der Waals surface area contributed by atoms with Gasteiger partial charge in [-0.1, -0.05) is 24.3 Å². The predicted molar refractivity (Wildman–Crippen MR) is 107 cm³/mol. The maximum Gasteiger partial charge on any atom is 0.336 e. The Hall–Kier alpha value is -4.74. The minimum absolute atomic E-state index is 0.190. The zero-order valence-electron chi connectivity index (χ0n) is 16.8. The number of hydrogen-bond donors (Lipinski definition) is 6. The summed E-state index contributed by atoms with van der Waals surface area (Å²) in [4.78, 5) is 59.9. The van der Waals surface area contributed by atoms with Gasteiger partial charge in [0.15, 0.2) is 0 Å². The molecule has 2 aromatic carbocycles. The average molecular weight is 452 g/mol. The standard InChI is InChI=1S/2C8H6O4.2C2H4O2/c2*9-7(10)5-3-1-2-4-6(5)8(11)12;2*1-2(3)4/h2*1-4H,(H,9,10)(H,11,12);2*1H3,(H,3,4). The molecule has 2 aromatic rings. The Morgan fingerprint density at radius 3 is 0.656 bits per heavy atom. The molecule has 2 rings (SSSR count). The van der Waals surface area contributed by atoms with Gasteiger partial charge in [-0.3, -0.25) is 9.59 Å². The summed E-state index contributed by atoms with van der Waals surface area (Å²) in [6.45, 7) is 2.17. The van der Waals surface area contributed by atoms with Crippen LogP contribution < -0.4 is 0 Å². The molecule has 12 heteroatoms. The first kappa shape index (κ1) is 29.5. The fourth-order valence-corrected chi connectivity index (χ4v) is 1.71. The topological polar surface area (TPSA) is 224 Å². The van der Waals surface area contributed by atoms with E-state index in [0.29, 0.717) is 0 Å². The van der Waals surface area contributed by atoms with Crippen LogP contribution in [-0.2, 0) is 9.59 Å². The van der Waals surface area contributed by atoms with Crippen molar-refractivity contribution in [3.05, 3.63) is 70.8 Å². The molecule has 0 unspecified atom stereocenters. The molecule has 0 aliphatic rings. The van der Waals surface area contributed by atoms with Crippen LogP contribution in [0.5, 0.6) is 0 Å². The first-order chi connectivity index (χ1) is 14.7. The lowest BCUT2D eigenvalue weighted by Crippen LogP contribution is -2.06. The molecule has 12 nitrogen and oxygen atoms in total. The highest BCUT2D eigenvalue weighted by Gasteiger charge is 2.14. The molecule has 0 aromatic heterocycles. The van der Waals surface area contributed by atoms with Crippen molar-refractivity contribution in [2.24, 2.45) is 0 Å².